The fraction of sp³-hybridized carbons (Fsp3) is 0.750. The number of carbonyl (C=O) groups excluding carboxylic acids is 3. The monoisotopic (exact) mass is 405 g/mol. The highest BCUT2D eigenvalue weighted by molar-refractivity contribution is 5.94. The lowest BCUT2D eigenvalue weighted by Crippen LogP contribution is -2.60. The molecule has 0 aliphatic rings. The van der Waals surface area contributed by atoms with Crippen molar-refractivity contribution in [1.29, 1.82) is 0 Å². The van der Waals surface area contributed by atoms with Crippen LogP contribution in [-0.4, -0.2) is 82.4 Å². The van der Waals surface area contributed by atoms with Gasteiger partial charge in [-0.3, -0.25) is 19.2 Å². The minimum absolute atomic E-state index is 0.339. The Morgan fingerprint density at radius 3 is 2.04 bits per heavy atom. The molecule has 28 heavy (non-hydrogen) atoms. The zero-order valence-corrected chi connectivity index (χ0v) is 16.1. The van der Waals surface area contributed by atoms with Crippen LogP contribution in [0.15, 0.2) is 0 Å². The molecule has 0 aromatic rings. The van der Waals surface area contributed by atoms with Crippen molar-refractivity contribution in [3.05, 3.63) is 0 Å². The molecule has 0 heterocycles. The average molecular weight is 405 g/mol. The summed E-state index contributed by atoms with van der Waals surface area (Å²) >= 11 is 0. The Kier molecular flexibility index (Phi) is 11.9. The van der Waals surface area contributed by atoms with Gasteiger partial charge in [-0.15, -0.1) is 0 Å². The number of nitrogens with two attached hydrogens (primary N) is 2. The summed E-state index contributed by atoms with van der Waals surface area (Å²) in [6.07, 6.45) is 0.320. The summed E-state index contributed by atoms with van der Waals surface area (Å²) in [7, 11) is 0. The lowest BCUT2D eigenvalue weighted by Gasteiger charge is -2.25. The van der Waals surface area contributed by atoms with Gasteiger partial charge in [0.2, 0.25) is 17.7 Å². The van der Waals surface area contributed by atoms with Crippen molar-refractivity contribution in [2.45, 2.75) is 63.4 Å². The van der Waals surface area contributed by atoms with Crippen LogP contribution in [0.3, 0.4) is 0 Å². The molecule has 5 atom stereocenters. The first-order valence-corrected chi connectivity index (χ1v) is 8.93. The van der Waals surface area contributed by atoms with E-state index in [0.29, 0.717) is 25.8 Å². The molecule has 0 unspecified atom stereocenters. The van der Waals surface area contributed by atoms with Crippen molar-refractivity contribution < 1.29 is 34.5 Å². The maximum atomic E-state index is 12.3. The SMILES string of the molecule is C[C@H](NC(=O)[C@H](CO)NC(=O)[C@@H](NC(=O)[C@@H](N)CCCCN)[C@@H](C)O)C(=O)O. The smallest absolute Gasteiger partial charge is 0.325 e. The van der Waals surface area contributed by atoms with Crippen LogP contribution < -0.4 is 27.4 Å². The summed E-state index contributed by atoms with van der Waals surface area (Å²) in [4.78, 5) is 47.2. The molecule has 0 spiro atoms. The van der Waals surface area contributed by atoms with E-state index >= 15 is 0 Å². The van der Waals surface area contributed by atoms with Gasteiger partial charge in [0.25, 0.3) is 0 Å². The van der Waals surface area contributed by atoms with Gasteiger partial charge in [0.15, 0.2) is 0 Å². The van der Waals surface area contributed by atoms with Crippen molar-refractivity contribution >= 4 is 23.7 Å². The van der Waals surface area contributed by atoms with Gasteiger partial charge in [0.1, 0.15) is 18.1 Å². The van der Waals surface area contributed by atoms with E-state index in [2.05, 4.69) is 16.0 Å². The molecule has 12 heteroatoms. The standard InChI is InChI=1S/C16H31N5O7/c1-8(16(27)28)19-14(25)11(7-22)20-15(26)12(9(2)23)21-13(24)10(18)5-3-4-6-17/h8-12,22-23H,3-7,17-18H2,1-2H3,(H,19,25)(H,20,26)(H,21,24)(H,27,28)/t8-,9+,10-,11-,12-/m0/s1. The summed E-state index contributed by atoms with van der Waals surface area (Å²) in [5, 5.41) is 34.5. The highest BCUT2D eigenvalue weighted by Gasteiger charge is 2.31. The first-order valence-electron chi connectivity index (χ1n) is 8.93. The number of carbonyl (C=O) groups is 4. The van der Waals surface area contributed by atoms with E-state index < -0.39 is 60.6 Å². The second-order valence-electron chi connectivity index (χ2n) is 6.43. The van der Waals surface area contributed by atoms with Gasteiger partial charge in [0.05, 0.1) is 18.8 Å². The summed E-state index contributed by atoms with van der Waals surface area (Å²) in [5.41, 5.74) is 11.1. The van der Waals surface area contributed by atoms with Crippen LogP contribution >= 0.6 is 0 Å². The third kappa shape index (κ3) is 9.08. The number of carboxylic acid groups (broad SMARTS) is 1. The van der Waals surface area contributed by atoms with Gasteiger partial charge in [-0.2, -0.15) is 0 Å². The number of carboxylic acids is 1. The first-order chi connectivity index (χ1) is 13.0. The van der Waals surface area contributed by atoms with Crippen molar-refractivity contribution in [3.63, 3.8) is 0 Å². The summed E-state index contributed by atoms with van der Waals surface area (Å²) in [6.45, 7) is 2.10. The molecule has 0 aromatic carbocycles. The van der Waals surface area contributed by atoms with Gasteiger partial charge >= 0.3 is 5.97 Å². The Bertz CT molecular complexity index is 543. The summed E-state index contributed by atoms with van der Waals surface area (Å²) in [5.74, 6) is -3.83. The molecule has 0 saturated heterocycles. The van der Waals surface area contributed by atoms with Crippen LogP contribution in [0.25, 0.3) is 0 Å². The van der Waals surface area contributed by atoms with E-state index in [1.807, 2.05) is 0 Å². The molecule has 0 bridgehead atoms. The maximum Gasteiger partial charge on any atom is 0.325 e. The van der Waals surface area contributed by atoms with Gasteiger partial charge in [-0.05, 0) is 33.2 Å². The molecule has 0 aromatic heterocycles. The molecular formula is C16H31N5O7. The summed E-state index contributed by atoms with van der Waals surface area (Å²) in [6, 6.07) is -5.04. The quantitative estimate of drug-likeness (QED) is 0.142. The number of hydrogen-bond donors (Lipinski definition) is 8. The van der Waals surface area contributed by atoms with Crippen LogP contribution in [0.1, 0.15) is 33.1 Å². The largest absolute Gasteiger partial charge is 0.480 e. The van der Waals surface area contributed by atoms with E-state index in [1.54, 1.807) is 0 Å². The highest BCUT2D eigenvalue weighted by atomic mass is 16.4. The molecule has 0 saturated carbocycles. The Balaban J connectivity index is 4.92. The number of amides is 3. The van der Waals surface area contributed by atoms with Gasteiger partial charge in [-0.25, -0.2) is 0 Å². The van der Waals surface area contributed by atoms with E-state index in [0.717, 1.165) is 0 Å². The molecule has 0 aliphatic heterocycles. The minimum Gasteiger partial charge on any atom is -0.480 e. The Labute approximate surface area is 163 Å². The number of rotatable bonds is 13. The second-order valence-corrected chi connectivity index (χ2v) is 6.43. The van der Waals surface area contributed by atoms with Crippen LogP contribution in [0.4, 0.5) is 0 Å². The Hall–Kier alpha value is -2.28. The predicted octanol–water partition coefficient (Wildman–Crippen LogP) is -3.63. The molecule has 12 nitrogen and oxygen atoms in total. The second kappa shape index (κ2) is 13.0. The number of aliphatic carboxylic acids is 1. The fourth-order valence-electron chi connectivity index (χ4n) is 2.14. The van der Waals surface area contributed by atoms with E-state index in [9.17, 15) is 29.4 Å². The molecule has 0 aliphatic carbocycles. The third-order valence-electron chi connectivity index (χ3n) is 3.91. The van der Waals surface area contributed by atoms with Crippen LogP contribution in [0.5, 0.6) is 0 Å². The number of aliphatic hydroxyl groups is 2. The third-order valence-corrected chi connectivity index (χ3v) is 3.91. The van der Waals surface area contributed by atoms with E-state index in [4.69, 9.17) is 16.6 Å². The summed E-state index contributed by atoms with van der Waals surface area (Å²) < 4.78 is 0. The van der Waals surface area contributed by atoms with Crippen LogP contribution in [0, 0.1) is 0 Å². The van der Waals surface area contributed by atoms with Gasteiger partial charge in [-0.1, -0.05) is 6.42 Å². The zero-order chi connectivity index (χ0) is 21.9. The van der Waals surface area contributed by atoms with E-state index in [1.165, 1.54) is 13.8 Å². The molecule has 162 valence electrons. The molecular weight excluding hydrogens is 374 g/mol. The molecule has 0 radical (unpaired) electrons. The number of hydrogen-bond acceptors (Lipinski definition) is 8. The lowest BCUT2D eigenvalue weighted by atomic mass is 10.1. The molecule has 10 N–H and O–H groups in total. The van der Waals surface area contributed by atoms with Crippen LogP contribution in [-0.2, 0) is 19.2 Å². The molecule has 3 amide bonds. The van der Waals surface area contributed by atoms with Gasteiger partial charge in [0, 0.05) is 0 Å². The Morgan fingerprint density at radius 2 is 1.57 bits per heavy atom. The predicted molar refractivity (Wildman–Crippen MR) is 98.7 cm³/mol. The van der Waals surface area contributed by atoms with Crippen molar-refractivity contribution in [2.24, 2.45) is 11.5 Å². The topological polar surface area (TPSA) is 217 Å². The van der Waals surface area contributed by atoms with Crippen molar-refractivity contribution in [1.82, 2.24) is 16.0 Å². The van der Waals surface area contributed by atoms with E-state index in [-0.39, 0.29) is 0 Å². The Morgan fingerprint density at radius 1 is 0.964 bits per heavy atom. The van der Waals surface area contributed by atoms with Crippen LogP contribution in [0.2, 0.25) is 0 Å². The number of aliphatic hydroxyl groups excluding tert-OH is 2. The fourth-order valence-corrected chi connectivity index (χ4v) is 2.14. The zero-order valence-electron chi connectivity index (χ0n) is 16.1. The first kappa shape index (κ1) is 25.7. The average Bonchev–Trinajstić information content (AvgIpc) is 2.62. The highest BCUT2D eigenvalue weighted by Crippen LogP contribution is 2.01. The molecule has 0 fully saturated rings. The molecule has 0 rings (SSSR count). The van der Waals surface area contributed by atoms with Crippen molar-refractivity contribution in [2.75, 3.05) is 13.2 Å². The minimum atomic E-state index is -1.47. The normalized spacial score (nSPS) is 16.2. The number of nitrogens with one attached hydrogen (secondary N) is 3. The lowest BCUT2D eigenvalue weighted by molar-refractivity contribution is -0.142. The van der Waals surface area contributed by atoms with Gasteiger partial charge < -0.3 is 42.7 Å². The van der Waals surface area contributed by atoms with Crippen molar-refractivity contribution in [3.8, 4) is 0 Å². The number of unbranched alkanes of at least 4 members (excludes halogenated alkanes) is 1. The maximum absolute atomic E-state index is 12.3.